The Morgan fingerprint density at radius 2 is 0.931 bits per heavy atom. The summed E-state index contributed by atoms with van der Waals surface area (Å²) in [5.41, 5.74) is 0. The third-order valence-corrected chi connectivity index (χ3v) is 7.30. The van der Waals surface area contributed by atoms with Crippen LogP contribution >= 0.6 is 0 Å². The summed E-state index contributed by atoms with van der Waals surface area (Å²) < 4.78 is 31.8. The van der Waals surface area contributed by atoms with E-state index < -0.39 is 15.4 Å². The molecule has 0 spiro atoms. The summed E-state index contributed by atoms with van der Waals surface area (Å²) in [5.74, 6) is 0. The van der Waals surface area contributed by atoms with Crippen LogP contribution in [0.5, 0.6) is 0 Å². The predicted octanol–water partition coefficient (Wildman–Crippen LogP) is 7.45. The molecule has 2 unspecified atom stereocenters. The lowest BCUT2D eigenvalue weighted by Crippen LogP contribution is -2.20. The second kappa shape index (κ2) is 19.8. The van der Waals surface area contributed by atoms with E-state index in [1.807, 2.05) is 6.92 Å². The van der Waals surface area contributed by atoms with Crippen LogP contribution in [0.3, 0.4) is 0 Å². The molecule has 2 N–H and O–H groups in total. The van der Waals surface area contributed by atoms with Crippen LogP contribution in [0.25, 0.3) is 0 Å². The molecule has 0 amide bonds. The van der Waals surface area contributed by atoms with E-state index in [-0.39, 0.29) is 6.10 Å². The molecule has 0 aliphatic carbocycles. The lowest BCUT2D eigenvalue weighted by atomic mass is 10.0. The highest BCUT2D eigenvalue weighted by Crippen LogP contribution is 2.18. The van der Waals surface area contributed by atoms with E-state index in [1.54, 1.807) is 0 Å². The Morgan fingerprint density at radius 1 is 0.552 bits per heavy atom. The van der Waals surface area contributed by atoms with Crippen molar-refractivity contribution in [2.45, 2.75) is 154 Å². The maximum absolute atomic E-state index is 11.3. The van der Waals surface area contributed by atoms with Gasteiger partial charge in [0.25, 0.3) is 10.1 Å². The van der Waals surface area contributed by atoms with E-state index in [9.17, 15) is 18.1 Å². The Bertz CT molecular complexity index is 436. The molecule has 0 radical (unpaired) electrons. The van der Waals surface area contributed by atoms with Gasteiger partial charge < -0.3 is 5.11 Å². The Kier molecular flexibility index (Phi) is 19.7. The molecule has 0 aromatic heterocycles. The molecule has 29 heavy (non-hydrogen) atoms. The van der Waals surface area contributed by atoms with Crippen molar-refractivity contribution in [3.05, 3.63) is 0 Å². The highest BCUT2D eigenvalue weighted by atomic mass is 32.2. The van der Waals surface area contributed by atoms with Crippen LogP contribution in [0, 0.1) is 0 Å². The van der Waals surface area contributed by atoms with Crippen molar-refractivity contribution in [2.24, 2.45) is 0 Å². The summed E-state index contributed by atoms with van der Waals surface area (Å²) in [6, 6.07) is 0. The van der Waals surface area contributed by atoms with E-state index in [4.69, 9.17) is 0 Å². The third-order valence-electron chi connectivity index (χ3n) is 5.99. The first-order chi connectivity index (χ1) is 13.9. The first-order valence-electron chi connectivity index (χ1n) is 12.6. The molecule has 0 heterocycles. The molecule has 0 aliphatic heterocycles. The number of hydrogen-bond donors (Lipinski definition) is 2. The minimum Gasteiger partial charge on any atom is -0.393 e. The lowest BCUT2D eigenvalue weighted by Gasteiger charge is -2.13. The quantitative estimate of drug-likeness (QED) is 0.137. The first-order valence-corrected chi connectivity index (χ1v) is 14.1. The second-order valence-electron chi connectivity index (χ2n) is 8.90. The van der Waals surface area contributed by atoms with Gasteiger partial charge in [0.2, 0.25) is 0 Å². The lowest BCUT2D eigenvalue weighted by molar-refractivity contribution is 0.147. The number of aliphatic hydroxyl groups excluding tert-OH is 1. The highest BCUT2D eigenvalue weighted by Gasteiger charge is 2.21. The van der Waals surface area contributed by atoms with Crippen LogP contribution in [0.4, 0.5) is 0 Å². The summed E-state index contributed by atoms with van der Waals surface area (Å²) in [4.78, 5) is 0. The van der Waals surface area contributed by atoms with Crippen molar-refractivity contribution in [1.82, 2.24) is 0 Å². The smallest absolute Gasteiger partial charge is 0.267 e. The SMILES string of the molecule is CCCCCCCCCCCCCCC(O)CCCCCC(CCC)S(=O)(=O)O. The van der Waals surface area contributed by atoms with Crippen molar-refractivity contribution >= 4 is 10.1 Å². The fraction of sp³-hybridized carbons (Fsp3) is 1.00. The van der Waals surface area contributed by atoms with Gasteiger partial charge in [-0.3, -0.25) is 4.55 Å². The molecule has 2 atom stereocenters. The summed E-state index contributed by atoms with van der Waals surface area (Å²) in [6.45, 7) is 4.20. The van der Waals surface area contributed by atoms with Gasteiger partial charge in [0.15, 0.2) is 0 Å². The van der Waals surface area contributed by atoms with Gasteiger partial charge in [-0.15, -0.1) is 0 Å². The van der Waals surface area contributed by atoms with Gasteiger partial charge in [0.1, 0.15) is 0 Å². The van der Waals surface area contributed by atoms with Crippen LogP contribution < -0.4 is 0 Å². The van der Waals surface area contributed by atoms with Crippen LogP contribution in [-0.2, 0) is 10.1 Å². The standard InChI is InChI=1S/C24H50O4S/c1-3-5-6-7-8-9-10-11-12-13-14-16-20-23(25)21-17-15-18-22-24(19-4-2)29(26,27)28/h23-25H,3-22H2,1-2H3,(H,26,27,28). The molecule has 176 valence electrons. The monoisotopic (exact) mass is 434 g/mol. The van der Waals surface area contributed by atoms with Gasteiger partial charge in [-0.2, -0.15) is 8.42 Å². The second-order valence-corrected chi connectivity index (χ2v) is 10.6. The van der Waals surface area contributed by atoms with Gasteiger partial charge in [0, 0.05) is 0 Å². The Labute approximate surface area is 182 Å². The maximum Gasteiger partial charge on any atom is 0.267 e. The van der Waals surface area contributed by atoms with Gasteiger partial charge >= 0.3 is 0 Å². The summed E-state index contributed by atoms with van der Waals surface area (Å²) in [6.07, 6.45) is 22.0. The predicted molar refractivity (Wildman–Crippen MR) is 125 cm³/mol. The number of unbranched alkanes of at least 4 members (excludes halogenated alkanes) is 13. The zero-order chi connectivity index (χ0) is 21.8. The van der Waals surface area contributed by atoms with Crippen molar-refractivity contribution < 1.29 is 18.1 Å². The first kappa shape index (κ1) is 28.9. The summed E-state index contributed by atoms with van der Waals surface area (Å²) >= 11 is 0. The fourth-order valence-electron chi connectivity index (χ4n) is 4.06. The molecule has 0 rings (SSSR count). The molecule has 0 aromatic carbocycles. The van der Waals surface area contributed by atoms with Gasteiger partial charge in [-0.05, 0) is 25.7 Å². The molecule has 5 heteroatoms. The normalized spacial score (nSPS) is 14.2. The minimum atomic E-state index is -3.91. The molecule has 0 bridgehead atoms. The Morgan fingerprint density at radius 3 is 1.34 bits per heavy atom. The van der Waals surface area contributed by atoms with Crippen molar-refractivity contribution in [3.8, 4) is 0 Å². The average molecular weight is 435 g/mol. The van der Waals surface area contributed by atoms with E-state index in [0.29, 0.717) is 12.8 Å². The van der Waals surface area contributed by atoms with Crippen molar-refractivity contribution in [2.75, 3.05) is 0 Å². The number of aliphatic hydroxyl groups is 1. The van der Waals surface area contributed by atoms with Crippen LogP contribution in [0.15, 0.2) is 0 Å². The Hall–Kier alpha value is -0.130. The molecule has 0 saturated heterocycles. The van der Waals surface area contributed by atoms with Gasteiger partial charge in [0.05, 0.1) is 11.4 Å². The summed E-state index contributed by atoms with van der Waals surface area (Å²) in [7, 11) is -3.91. The molecule has 4 nitrogen and oxygen atoms in total. The van der Waals surface area contributed by atoms with E-state index in [0.717, 1.165) is 44.9 Å². The molecular weight excluding hydrogens is 384 g/mol. The molecule has 0 saturated carbocycles. The average Bonchev–Trinajstić information content (AvgIpc) is 2.67. The molecule has 0 fully saturated rings. The topological polar surface area (TPSA) is 74.6 Å². The number of rotatable bonds is 22. The number of hydrogen-bond acceptors (Lipinski definition) is 3. The van der Waals surface area contributed by atoms with E-state index in [1.165, 1.54) is 70.6 Å². The molecular formula is C24H50O4S. The van der Waals surface area contributed by atoms with Crippen LogP contribution in [0.1, 0.15) is 142 Å². The van der Waals surface area contributed by atoms with Crippen molar-refractivity contribution in [3.63, 3.8) is 0 Å². The minimum absolute atomic E-state index is 0.217. The largest absolute Gasteiger partial charge is 0.393 e. The van der Waals surface area contributed by atoms with E-state index in [2.05, 4.69) is 6.92 Å². The van der Waals surface area contributed by atoms with Gasteiger partial charge in [-0.1, -0.05) is 117 Å². The van der Waals surface area contributed by atoms with Gasteiger partial charge in [-0.25, -0.2) is 0 Å². The van der Waals surface area contributed by atoms with Crippen molar-refractivity contribution in [1.29, 1.82) is 0 Å². The third kappa shape index (κ3) is 19.6. The van der Waals surface area contributed by atoms with E-state index >= 15 is 0 Å². The Balaban J connectivity index is 3.43. The summed E-state index contributed by atoms with van der Waals surface area (Å²) in [5, 5.41) is 9.48. The maximum atomic E-state index is 11.3. The zero-order valence-electron chi connectivity index (χ0n) is 19.4. The highest BCUT2D eigenvalue weighted by molar-refractivity contribution is 7.86. The van der Waals surface area contributed by atoms with Crippen LogP contribution in [0.2, 0.25) is 0 Å². The molecule has 0 aromatic rings. The zero-order valence-corrected chi connectivity index (χ0v) is 20.2. The van der Waals surface area contributed by atoms with Crippen LogP contribution in [-0.4, -0.2) is 29.4 Å². The fourth-order valence-corrected chi connectivity index (χ4v) is 5.06. The molecule has 0 aliphatic rings.